The van der Waals surface area contributed by atoms with Crippen LogP contribution in [0.3, 0.4) is 0 Å². The summed E-state index contributed by atoms with van der Waals surface area (Å²) in [7, 11) is 0. The number of aryl methyl sites for hydroxylation is 1. The number of likely N-dealkylation sites (tertiary alicyclic amines) is 1. The third-order valence-electron chi connectivity index (χ3n) is 7.01. The van der Waals surface area contributed by atoms with E-state index >= 15 is 0 Å². The zero-order chi connectivity index (χ0) is 22.7. The molecular weight excluding hydrogens is 402 g/mol. The summed E-state index contributed by atoms with van der Waals surface area (Å²) in [5, 5.41) is 0. The van der Waals surface area contributed by atoms with Crippen molar-refractivity contribution in [3.8, 4) is 0 Å². The van der Waals surface area contributed by atoms with Crippen LogP contribution in [0.2, 0.25) is 0 Å². The fourth-order valence-electron chi connectivity index (χ4n) is 5.30. The number of pyridine rings is 1. The number of nitrogens with zero attached hydrogens (tertiary/aromatic N) is 3. The van der Waals surface area contributed by atoms with Crippen molar-refractivity contribution in [2.45, 2.75) is 70.4 Å². The van der Waals surface area contributed by atoms with Crippen molar-refractivity contribution in [1.82, 2.24) is 14.8 Å². The van der Waals surface area contributed by atoms with Crippen LogP contribution in [0, 0.1) is 6.92 Å². The topological polar surface area (TPSA) is 70.6 Å². The van der Waals surface area contributed by atoms with E-state index in [4.69, 9.17) is 0 Å². The predicted octanol–water partition coefficient (Wildman–Crippen LogP) is 3.77. The molecule has 168 valence electrons. The highest BCUT2D eigenvalue weighted by molar-refractivity contribution is 6.11. The maximum Gasteiger partial charge on any atom is 0.241 e. The molecule has 0 unspecified atom stereocenters. The van der Waals surface area contributed by atoms with E-state index in [-0.39, 0.29) is 36.6 Å². The van der Waals surface area contributed by atoms with Crippen LogP contribution in [0.25, 0.3) is 0 Å². The smallest absolute Gasteiger partial charge is 0.241 e. The molecule has 1 saturated carbocycles. The molecule has 1 aromatic carbocycles. The van der Waals surface area contributed by atoms with Gasteiger partial charge in [0, 0.05) is 44.4 Å². The van der Waals surface area contributed by atoms with E-state index in [1.54, 1.807) is 17.3 Å². The molecule has 6 heteroatoms. The van der Waals surface area contributed by atoms with Crippen molar-refractivity contribution in [2.75, 3.05) is 6.54 Å². The molecule has 2 aromatic rings. The van der Waals surface area contributed by atoms with Crippen LogP contribution in [-0.4, -0.2) is 45.1 Å². The van der Waals surface area contributed by atoms with E-state index in [0.29, 0.717) is 13.1 Å². The molecule has 1 atom stereocenters. The number of benzene rings is 1. The van der Waals surface area contributed by atoms with Crippen LogP contribution in [0.4, 0.5) is 0 Å². The number of imide groups is 1. The lowest BCUT2D eigenvalue weighted by Crippen LogP contribution is -2.46. The minimum absolute atomic E-state index is 0.00453. The second-order valence-electron chi connectivity index (χ2n) is 9.02. The van der Waals surface area contributed by atoms with Gasteiger partial charge in [0.15, 0.2) is 0 Å². The molecule has 0 N–H and O–H groups in total. The largest absolute Gasteiger partial charge is 0.339 e. The predicted molar refractivity (Wildman–Crippen MR) is 122 cm³/mol. The maximum atomic E-state index is 13.9. The Morgan fingerprint density at radius 2 is 1.81 bits per heavy atom. The number of rotatable bonds is 7. The first-order valence-corrected chi connectivity index (χ1v) is 11.6. The van der Waals surface area contributed by atoms with Crippen LogP contribution in [0.1, 0.15) is 62.1 Å². The Kier molecular flexibility index (Phi) is 6.40. The molecule has 2 heterocycles. The molecule has 32 heavy (non-hydrogen) atoms. The Labute approximate surface area is 189 Å². The fourth-order valence-corrected chi connectivity index (χ4v) is 5.30. The molecule has 4 rings (SSSR count). The number of hydrogen-bond acceptors (Lipinski definition) is 4. The Balaban J connectivity index is 1.67. The SMILES string of the molecule is CCN(Cc1ccncc1)C(=O)C[C@@]1(c2ccccc2C)CC(=O)N(C2CCCC2)C1=O. The molecule has 3 amide bonds. The summed E-state index contributed by atoms with van der Waals surface area (Å²) in [6.45, 7) is 4.87. The average molecular weight is 434 g/mol. The normalized spacial score (nSPS) is 21.4. The summed E-state index contributed by atoms with van der Waals surface area (Å²) < 4.78 is 0. The number of hydrogen-bond donors (Lipinski definition) is 0. The van der Waals surface area contributed by atoms with Gasteiger partial charge in [-0.3, -0.25) is 24.3 Å². The molecule has 2 fully saturated rings. The standard InChI is InChI=1S/C26H31N3O3/c1-3-28(18-20-12-14-27-15-13-20)23(30)16-26(22-11-7-4-8-19(22)2)17-24(31)29(25(26)32)21-9-5-6-10-21/h4,7-8,11-15,21H,3,5-6,9-10,16-18H2,1-2H3/t26-/m0/s1. The maximum absolute atomic E-state index is 13.9. The van der Waals surface area contributed by atoms with Gasteiger partial charge in [0.05, 0.1) is 5.41 Å². The summed E-state index contributed by atoms with van der Waals surface area (Å²) in [5.74, 6) is -0.450. The zero-order valence-corrected chi connectivity index (χ0v) is 18.9. The first kappa shape index (κ1) is 22.2. The fraction of sp³-hybridized carbons (Fsp3) is 0.462. The van der Waals surface area contributed by atoms with E-state index in [9.17, 15) is 14.4 Å². The van der Waals surface area contributed by atoms with Gasteiger partial charge in [-0.15, -0.1) is 0 Å². The van der Waals surface area contributed by atoms with Gasteiger partial charge in [0.2, 0.25) is 17.7 Å². The van der Waals surface area contributed by atoms with Crippen LogP contribution in [-0.2, 0) is 26.3 Å². The number of carbonyl (C=O) groups excluding carboxylic acids is 3. The van der Waals surface area contributed by atoms with Gasteiger partial charge in [0.1, 0.15) is 0 Å². The van der Waals surface area contributed by atoms with Crippen molar-refractivity contribution in [2.24, 2.45) is 0 Å². The molecule has 0 spiro atoms. The number of amides is 3. The van der Waals surface area contributed by atoms with E-state index in [1.807, 2.05) is 50.2 Å². The van der Waals surface area contributed by atoms with Crippen molar-refractivity contribution in [3.05, 3.63) is 65.5 Å². The van der Waals surface area contributed by atoms with Gasteiger partial charge in [-0.1, -0.05) is 37.1 Å². The van der Waals surface area contributed by atoms with Gasteiger partial charge in [-0.25, -0.2) is 0 Å². The van der Waals surface area contributed by atoms with E-state index in [1.165, 1.54) is 4.90 Å². The molecule has 1 aliphatic carbocycles. The molecule has 6 nitrogen and oxygen atoms in total. The van der Waals surface area contributed by atoms with Gasteiger partial charge in [-0.2, -0.15) is 0 Å². The lowest BCUT2D eigenvalue weighted by atomic mass is 9.73. The molecule has 1 saturated heterocycles. The van der Waals surface area contributed by atoms with Gasteiger partial charge >= 0.3 is 0 Å². The summed E-state index contributed by atoms with van der Waals surface area (Å²) >= 11 is 0. The molecule has 0 radical (unpaired) electrons. The molecule has 1 aliphatic heterocycles. The van der Waals surface area contributed by atoms with Gasteiger partial charge < -0.3 is 4.90 Å². The summed E-state index contributed by atoms with van der Waals surface area (Å²) in [4.78, 5) is 47.9. The Morgan fingerprint density at radius 1 is 1.12 bits per heavy atom. The van der Waals surface area contributed by atoms with Gasteiger partial charge in [0.25, 0.3) is 0 Å². The third-order valence-corrected chi connectivity index (χ3v) is 7.01. The lowest BCUT2D eigenvalue weighted by molar-refractivity contribution is -0.144. The van der Waals surface area contributed by atoms with Gasteiger partial charge in [-0.05, 0) is 55.5 Å². The highest BCUT2D eigenvalue weighted by atomic mass is 16.2. The van der Waals surface area contributed by atoms with Crippen molar-refractivity contribution < 1.29 is 14.4 Å². The number of carbonyl (C=O) groups is 3. The van der Waals surface area contributed by atoms with E-state index < -0.39 is 5.41 Å². The minimum Gasteiger partial charge on any atom is -0.339 e. The molecule has 2 aliphatic rings. The molecule has 1 aromatic heterocycles. The van der Waals surface area contributed by atoms with Crippen LogP contribution < -0.4 is 0 Å². The average Bonchev–Trinajstić information content (AvgIpc) is 3.39. The van der Waals surface area contributed by atoms with Crippen molar-refractivity contribution >= 4 is 17.7 Å². The highest BCUT2D eigenvalue weighted by Crippen LogP contribution is 2.44. The van der Waals surface area contributed by atoms with Crippen LogP contribution in [0.5, 0.6) is 0 Å². The molecular formula is C26H31N3O3. The summed E-state index contributed by atoms with van der Waals surface area (Å²) in [6, 6.07) is 11.4. The summed E-state index contributed by atoms with van der Waals surface area (Å²) in [5.41, 5.74) is 1.59. The lowest BCUT2D eigenvalue weighted by Gasteiger charge is -2.32. The van der Waals surface area contributed by atoms with E-state index in [2.05, 4.69) is 4.98 Å². The first-order valence-electron chi connectivity index (χ1n) is 11.6. The van der Waals surface area contributed by atoms with Crippen molar-refractivity contribution in [1.29, 1.82) is 0 Å². The summed E-state index contributed by atoms with van der Waals surface area (Å²) in [6.07, 6.45) is 7.27. The minimum atomic E-state index is -1.13. The Hall–Kier alpha value is -3.02. The first-order chi connectivity index (χ1) is 15.5. The second-order valence-corrected chi connectivity index (χ2v) is 9.02. The third kappa shape index (κ3) is 4.06. The van der Waals surface area contributed by atoms with Crippen molar-refractivity contribution in [3.63, 3.8) is 0 Å². The Morgan fingerprint density at radius 3 is 2.47 bits per heavy atom. The van der Waals surface area contributed by atoms with E-state index in [0.717, 1.165) is 42.4 Å². The number of aromatic nitrogens is 1. The second kappa shape index (κ2) is 9.23. The monoisotopic (exact) mass is 433 g/mol. The Bertz CT molecular complexity index is 1000. The molecule has 0 bridgehead atoms. The highest BCUT2D eigenvalue weighted by Gasteiger charge is 2.56. The quantitative estimate of drug-likeness (QED) is 0.623. The van der Waals surface area contributed by atoms with Crippen LogP contribution in [0.15, 0.2) is 48.8 Å². The van der Waals surface area contributed by atoms with Crippen LogP contribution >= 0.6 is 0 Å². The zero-order valence-electron chi connectivity index (χ0n) is 18.9.